The number of amides is 3. The van der Waals surface area contributed by atoms with Gasteiger partial charge in [0.15, 0.2) is 0 Å². The highest BCUT2D eigenvalue weighted by Crippen LogP contribution is 2.40. The number of hydrogen-bond acceptors (Lipinski definition) is 4. The van der Waals surface area contributed by atoms with Gasteiger partial charge >= 0.3 is 6.03 Å². The summed E-state index contributed by atoms with van der Waals surface area (Å²) in [5, 5.41) is 0. The third kappa shape index (κ3) is 4.88. The number of likely N-dealkylation sites (N-methyl/N-ethyl adjacent to an activating group) is 1. The van der Waals surface area contributed by atoms with Crippen LogP contribution in [0.3, 0.4) is 0 Å². The number of urea groups is 1. The average Bonchev–Trinajstić information content (AvgIpc) is 3.07. The number of sulfonamides is 1. The normalized spacial score (nSPS) is 23.3. The van der Waals surface area contributed by atoms with Crippen LogP contribution in [0.25, 0.3) is 0 Å². The fourth-order valence-corrected chi connectivity index (χ4v) is 6.26. The largest absolute Gasteiger partial charge is 0.327 e. The van der Waals surface area contributed by atoms with Crippen molar-refractivity contribution in [1.82, 2.24) is 14.1 Å². The molecule has 0 N–H and O–H groups in total. The van der Waals surface area contributed by atoms with Crippen LogP contribution < -0.4 is 0 Å². The molecule has 0 saturated carbocycles. The summed E-state index contributed by atoms with van der Waals surface area (Å²) in [6.07, 6.45) is 2.83. The van der Waals surface area contributed by atoms with Crippen LogP contribution in [0.1, 0.15) is 49.3 Å². The van der Waals surface area contributed by atoms with Crippen LogP contribution in [0.4, 0.5) is 4.79 Å². The standard InChI is InChI=1S/C26H33N3O4S/c1-19-25(22-12-8-5-9-13-22)29(26(31)27(19)2)24(30)18-23(20-10-6-4-7-11-20)21-14-16-28(17-15-21)34(3,32)33/h4-13,19,21,23,25H,14-18H2,1-3H3/t19-,23?,25?/m0/s1. The van der Waals surface area contributed by atoms with Crippen LogP contribution in [0.5, 0.6) is 0 Å². The maximum atomic E-state index is 13.8. The van der Waals surface area contributed by atoms with Crippen molar-refractivity contribution >= 4 is 22.0 Å². The molecule has 2 aliphatic heterocycles. The monoisotopic (exact) mass is 483 g/mol. The molecule has 0 bridgehead atoms. The zero-order valence-corrected chi connectivity index (χ0v) is 20.8. The number of carbonyl (C=O) groups is 2. The summed E-state index contributed by atoms with van der Waals surface area (Å²) in [6, 6.07) is 18.9. The molecule has 7 nitrogen and oxygen atoms in total. The maximum absolute atomic E-state index is 13.8. The molecular weight excluding hydrogens is 450 g/mol. The Bertz CT molecular complexity index is 1120. The molecule has 0 spiro atoms. The Morgan fingerprint density at radius 1 is 1.00 bits per heavy atom. The highest BCUT2D eigenvalue weighted by Gasteiger charge is 2.46. The first-order valence-electron chi connectivity index (χ1n) is 11.8. The number of benzene rings is 2. The molecule has 0 radical (unpaired) electrons. The van der Waals surface area contributed by atoms with Crippen molar-refractivity contribution in [3.8, 4) is 0 Å². The van der Waals surface area contributed by atoms with Crippen molar-refractivity contribution in [2.24, 2.45) is 5.92 Å². The van der Waals surface area contributed by atoms with Crippen LogP contribution in [0, 0.1) is 5.92 Å². The molecule has 182 valence electrons. The fourth-order valence-electron chi connectivity index (χ4n) is 5.38. The van der Waals surface area contributed by atoms with Crippen LogP contribution in [0.2, 0.25) is 0 Å². The van der Waals surface area contributed by atoms with Gasteiger partial charge in [0.25, 0.3) is 0 Å². The van der Waals surface area contributed by atoms with E-state index in [2.05, 4.69) is 0 Å². The molecule has 4 rings (SSSR count). The van der Waals surface area contributed by atoms with Crippen LogP contribution in [0.15, 0.2) is 60.7 Å². The Hall–Kier alpha value is -2.71. The summed E-state index contributed by atoms with van der Waals surface area (Å²) in [5.41, 5.74) is 2.00. The van der Waals surface area contributed by atoms with Crippen molar-refractivity contribution in [2.75, 3.05) is 26.4 Å². The van der Waals surface area contributed by atoms with Gasteiger partial charge in [0, 0.05) is 26.6 Å². The predicted octanol–water partition coefficient (Wildman–Crippen LogP) is 3.86. The molecule has 34 heavy (non-hydrogen) atoms. The Balaban J connectivity index is 1.60. The van der Waals surface area contributed by atoms with Gasteiger partial charge in [-0.3, -0.25) is 9.69 Å². The Labute approximate surface area is 202 Å². The van der Waals surface area contributed by atoms with E-state index in [0.717, 1.165) is 11.1 Å². The first-order chi connectivity index (χ1) is 16.2. The minimum atomic E-state index is -3.23. The van der Waals surface area contributed by atoms with Gasteiger partial charge in [0.2, 0.25) is 15.9 Å². The van der Waals surface area contributed by atoms with E-state index in [1.165, 1.54) is 15.5 Å². The molecule has 2 fully saturated rings. The number of piperidine rings is 1. The van der Waals surface area contributed by atoms with E-state index in [9.17, 15) is 18.0 Å². The number of nitrogens with zero attached hydrogens (tertiary/aromatic N) is 3. The molecule has 2 unspecified atom stereocenters. The summed E-state index contributed by atoms with van der Waals surface area (Å²) in [6.45, 7) is 2.88. The van der Waals surface area contributed by atoms with Crippen molar-refractivity contribution in [2.45, 2.75) is 44.2 Å². The lowest BCUT2D eigenvalue weighted by Crippen LogP contribution is -2.41. The molecule has 2 heterocycles. The zero-order chi connectivity index (χ0) is 24.5. The summed E-state index contributed by atoms with van der Waals surface area (Å²) in [4.78, 5) is 30.0. The Morgan fingerprint density at radius 2 is 1.56 bits per heavy atom. The zero-order valence-electron chi connectivity index (χ0n) is 20.0. The third-order valence-electron chi connectivity index (χ3n) is 7.42. The molecule has 3 amide bonds. The van der Waals surface area contributed by atoms with Crippen LogP contribution in [-0.2, 0) is 14.8 Å². The van der Waals surface area contributed by atoms with Gasteiger partial charge in [-0.2, -0.15) is 0 Å². The van der Waals surface area contributed by atoms with E-state index in [-0.39, 0.29) is 42.3 Å². The number of hydrogen-bond donors (Lipinski definition) is 0. The highest BCUT2D eigenvalue weighted by atomic mass is 32.2. The number of imide groups is 1. The number of rotatable bonds is 6. The van der Waals surface area contributed by atoms with Crippen molar-refractivity contribution in [1.29, 1.82) is 0 Å². The topological polar surface area (TPSA) is 78.0 Å². The van der Waals surface area contributed by atoms with Gasteiger partial charge in [-0.1, -0.05) is 60.7 Å². The van der Waals surface area contributed by atoms with Gasteiger partial charge < -0.3 is 4.90 Å². The van der Waals surface area contributed by atoms with Crippen molar-refractivity contribution in [3.63, 3.8) is 0 Å². The summed E-state index contributed by atoms with van der Waals surface area (Å²) in [7, 11) is -1.48. The van der Waals surface area contributed by atoms with E-state index in [1.807, 2.05) is 67.6 Å². The lowest BCUT2D eigenvalue weighted by Gasteiger charge is -2.36. The third-order valence-corrected chi connectivity index (χ3v) is 8.73. The minimum absolute atomic E-state index is 0.0826. The second-order valence-electron chi connectivity index (χ2n) is 9.47. The lowest BCUT2D eigenvalue weighted by molar-refractivity contribution is -0.130. The van der Waals surface area contributed by atoms with Gasteiger partial charge in [0.1, 0.15) is 0 Å². The molecule has 2 saturated heterocycles. The van der Waals surface area contributed by atoms with Gasteiger partial charge in [0.05, 0.1) is 18.3 Å². The molecule has 0 aliphatic carbocycles. The first kappa shape index (κ1) is 24.4. The van der Waals surface area contributed by atoms with E-state index < -0.39 is 10.0 Å². The average molecular weight is 484 g/mol. The summed E-state index contributed by atoms with van der Waals surface area (Å²) < 4.78 is 25.5. The minimum Gasteiger partial charge on any atom is -0.322 e. The first-order valence-corrected chi connectivity index (χ1v) is 13.7. The smallest absolute Gasteiger partial charge is 0.322 e. The van der Waals surface area contributed by atoms with E-state index >= 15 is 0 Å². The quantitative estimate of drug-likeness (QED) is 0.625. The summed E-state index contributed by atoms with van der Waals surface area (Å²) in [5.74, 6) is -0.109. The lowest BCUT2D eigenvalue weighted by atomic mass is 9.78. The van der Waals surface area contributed by atoms with E-state index in [0.29, 0.717) is 25.9 Å². The van der Waals surface area contributed by atoms with Gasteiger partial charge in [-0.25, -0.2) is 17.5 Å². The molecular formula is C26H33N3O4S. The van der Waals surface area contributed by atoms with Crippen LogP contribution >= 0.6 is 0 Å². The predicted molar refractivity (Wildman–Crippen MR) is 132 cm³/mol. The SMILES string of the molecule is C[C@H]1C(c2ccccc2)N(C(=O)CC(c2ccccc2)C2CCN(S(C)(=O)=O)CC2)C(=O)N1C. The second-order valence-corrected chi connectivity index (χ2v) is 11.5. The molecule has 2 aromatic rings. The Kier molecular flexibility index (Phi) is 7.09. The summed E-state index contributed by atoms with van der Waals surface area (Å²) >= 11 is 0. The molecule has 2 aromatic carbocycles. The van der Waals surface area contributed by atoms with Gasteiger partial charge in [-0.15, -0.1) is 0 Å². The second kappa shape index (κ2) is 9.88. The van der Waals surface area contributed by atoms with E-state index in [1.54, 1.807) is 11.9 Å². The fraction of sp³-hybridized carbons (Fsp3) is 0.462. The van der Waals surface area contributed by atoms with Crippen molar-refractivity contribution < 1.29 is 18.0 Å². The maximum Gasteiger partial charge on any atom is 0.327 e. The van der Waals surface area contributed by atoms with Crippen LogP contribution in [-0.4, -0.2) is 66.9 Å². The molecule has 8 heteroatoms. The molecule has 0 aromatic heterocycles. The highest BCUT2D eigenvalue weighted by molar-refractivity contribution is 7.88. The van der Waals surface area contributed by atoms with Gasteiger partial charge in [-0.05, 0) is 42.7 Å². The Morgan fingerprint density at radius 3 is 2.12 bits per heavy atom. The van der Waals surface area contributed by atoms with E-state index in [4.69, 9.17) is 0 Å². The molecule has 2 aliphatic rings. The van der Waals surface area contributed by atoms with Crippen molar-refractivity contribution in [3.05, 3.63) is 71.8 Å². The molecule has 3 atom stereocenters. The number of carbonyl (C=O) groups excluding carboxylic acids is 2.